The molecule has 0 saturated heterocycles. The number of ether oxygens (including phenoxy) is 1. The van der Waals surface area contributed by atoms with Crippen LogP contribution >= 0.6 is 0 Å². The van der Waals surface area contributed by atoms with Crippen LogP contribution in [0.15, 0.2) is 0 Å². The van der Waals surface area contributed by atoms with Crippen LogP contribution in [0.2, 0.25) is 0 Å². The second-order valence-electron chi connectivity index (χ2n) is 3.78. The SMILES string of the molecule is CNCCN(N)C(=O)OC(C)(C)C. The van der Waals surface area contributed by atoms with Crippen molar-refractivity contribution in [2.45, 2.75) is 26.4 Å². The Labute approximate surface area is 79.2 Å². The predicted molar refractivity (Wildman–Crippen MR) is 51.1 cm³/mol. The maximum Gasteiger partial charge on any atom is 0.424 e. The number of hydrogen-bond donors (Lipinski definition) is 2. The van der Waals surface area contributed by atoms with Gasteiger partial charge in [-0.3, -0.25) is 0 Å². The molecule has 0 aliphatic heterocycles. The van der Waals surface area contributed by atoms with E-state index in [9.17, 15) is 4.79 Å². The van der Waals surface area contributed by atoms with Crippen molar-refractivity contribution in [2.24, 2.45) is 5.84 Å². The summed E-state index contributed by atoms with van der Waals surface area (Å²) >= 11 is 0. The fourth-order valence-corrected chi connectivity index (χ4v) is 0.644. The number of carbonyl (C=O) groups is 1. The van der Waals surface area contributed by atoms with E-state index in [0.29, 0.717) is 13.1 Å². The molecular weight excluding hydrogens is 170 g/mol. The van der Waals surface area contributed by atoms with E-state index in [1.807, 2.05) is 0 Å². The highest BCUT2D eigenvalue weighted by Gasteiger charge is 2.19. The fourth-order valence-electron chi connectivity index (χ4n) is 0.644. The van der Waals surface area contributed by atoms with Crippen LogP contribution in [-0.4, -0.2) is 36.8 Å². The normalized spacial score (nSPS) is 11.2. The highest BCUT2D eigenvalue weighted by molar-refractivity contribution is 5.67. The van der Waals surface area contributed by atoms with Gasteiger partial charge in [0.05, 0.1) is 6.54 Å². The van der Waals surface area contributed by atoms with Crippen molar-refractivity contribution < 1.29 is 9.53 Å². The number of hydrogen-bond acceptors (Lipinski definition) is 4. The third-order valence-electron chi connectivity index (χ3n) is 1.23. The van der Waals surface area contributed by atoms with Crippen LogP contribution in [0.4, 0.5) is 4.79 Å². The number of rotatable bonds is 3. The van der Waals surface area contributed by atoms with Crippen LogP contribution < -0.4 is 11.2 Å². The fraction of sp³-hybridized carbons (Fsp3) is 0.875. The van der Waals surface area contributed by atoms with Gasteiger partial charge in [-0.25, -0.2) is 15.6 Å². The molecule has 0 aliphatic rings. The summed E-state index contributed by atoms with van der Waals surface area (Å²) in [5, 5.41) is 3.94. The van der Waals surface area contributed by atoms with E-state index in [1.54, 1.807) is 27.8 Å². The van der Waals surface area contributed by atoms with Gasteiger partial charge in [-0.1, -0.05) is 0 Å². The molecule has 78 valence electrons. The van der Waals surface area contributed by atoms with Crippen molar-refractivity contribution in [3.05, 3.63) is 0 Å². The zero-order chi connectivity index (χ0) is 10.5. The van der Waals surface area contributed by atoms with Gasteiger partial charge in [0.15, 0.2) is 0 Å². The highest BCUT2D eigenvalue weighted by Crippen LogP contribution is 2.07. The molecule has 0 fully saturated rings. The quantitative estimate of drug-likeness (QED) is 0.381. The Balaban J connectivity index is 3.83. The number of hydrazine groups is 1. The predicted octanol–water partition coefficient (Wildman–Crippen LogP) is 0.317. The number of nitrogens with zero attached hydrogens (tertiary/aromatic N) is 1. The zero-order valence-electron chi connectivity index (χ0n) is 8.76. The van der Waals surface area contributed by atoms with Gasteiger partial charge in [-0.2, -0.15) is 0 Å². The molecule has 0 aromatic carbocycles. The monoisotopic (exact) mass is 189 g/mol. The molecule has 0 atom stereocenters. The van der Waals surface area contributed by atoms with Gasteiger partial charge in [-0.15, -0.1) is 0 Å². The summed E-state index contributed by atoms with van der Waals surface area (Å²) in [6.45, 7) is 6.49. The molecule has 0 aromatic rings. The number of nitrogens with one attached hydrogen (secondary N) is 1. The number of nitrogens with two attached hydrogens (primary N) is 1. The molecule has 0 unspecified atom stereocenters. The van der Waals surface area contributed by atoms with Crippen molar-refractivity contribution in [3.63, 3.8) is 0 Å². The van der Waals surface area contributed by atoms with E-state index in [0.717, 1.165) is 5.01 Å². The Bertz CT molecular complexity index is 165. The van der Waals surface area contributed by atoms with E-state index in [-0.39, 0.29) is 0 Å². The summed E-state index contributed by atoms with van der Waals surface area (Å²) in [6, 6.07) is 0. The average Bonchev–Trinajstić information content (AvgIpc) is 1.96. The molecule has 0 spiro atoms. The third kappa shape index (κ3) is 6.36. The lowest BCUT2D eigenvalue weighted by atomic mass is 10.2. The van der Waals surface area contributed by atoms with E-state index in [1.165, 1.54) is 0 Å². The Hall–Kier alpha value is -0.810. The highest BCUT2D eigenvalue weighted by atomic mass is 16.6. The second kappa shape index (κ2) is 5.04. The van der Waals surface area contributed by atoms with Gasteiger partial charge in [0.1, 0.15) is 5.60 Å². The van der Waals surface area contributed by atoms with Gasteiger partial charge >= 0.3 is 6.09 Å². The first-order valence-corrected chi connectivity index (χ1v) is 4.26. The summed E-state index contributed by atoms with van der Waals surface area (Å²) in [5.74, 6) is 5.43. The van der Waals surface area contributed by atoms with E-state index < -0.39 is 11.7 Å². The van der Waals surface area contributed by atoms with Crippen molar-refractivity contribution in [3.8, 4) is 0 Å². The summed E-state index contributed by atoms with van der Waals surface area (Å²) in [7, 11) is 1.79. The molecule has 0 aliphatic carbocycles. The maximum atomic E-state index is 11.2. The van der Waals surface area contributed by atoms with Crippen molar-refractivity contribution in [2.75, 3.05) is 20.1 Å². The lowest BCUT2D eigenvalue weighted by molar-refractivity contribution is 0.0251. The standard InChI is InChI=1S/C8H19N3O2/c1-8(2,3)13-7(12)11(9)6-5-10-4/h10H,5-6,9H2,1-4H3. The minimum absolute atomic E-state index is 0.436. The summed E-state index contributed by atoms with van der Waals surface area (Å²) in [5.41, 5.74) is -0.492. The number of likely N-dealkylation sites (N-methyl/N-ethyl adjacent to an activating group) is 1. The molecule has 0 rings (SSSR count). The average molecular weight is 189 g/mol. The summed E-state index contributed by atoms with van der Waals surface area (Å²) in [6.07, 6.45) is -0.497. The minimum Gasteiger partial charge on any atom is -0.443 e. The first kappa shape index (κ1) is 12.2. The number of carbonyl (C=O) groups excluding carboxylic acids is 1. The number of amides is 1. The van der Waals surface area contributed by atoms with Crippen LogP contribution in [0.5, 0.6) is 0 Å². The van der Waals surface area contributed by atoms with Crippen LogP contribution in [0.25, 0.3) is 0 Å². The molecule has 3 N–H and O–H groups in total. The van der Waals surface area contributed by atoms with E-state index >= 15 is 0 Å². The van der Waals surface area contributed by atoms with Crippen molar-refractivity contribution >= 4 is 6.09 Å². The zero-order valence-corrected chi connectivity index (χ0v) is 8.76. The molecule has 0 radical (unpaired) electrons. The molecule has 1 amide bonds. The molecular formula is C8H19N3O2. The Morgan fingerprint density at radius 2 is 2.08 bits per heavy atom. The Morgan fingerprint density at radius 1 is 1.54 bits per heavy atom. The summed E-state index contributed by atoms with van der Waals surface area (Å²) in [4.78, 5) is 11.2. The van der Waals surface area contributed by atoms with Crippen LogP contribution in [0.3, 0.4) is 0 Å². The lowest BCUT2D eigenvalue weighted by Gasteiger charge is -2.24. The lowest BCUT2D eigenvalue weighted by Crippen LogP contribution is -2.44. The van der Waals surface area contributed by atoms with Gasteiger partial charge in [-0.05, 0) is 27.8 Å². The van der Waals surface area contributed by atoms with E-state index in [4.69, 9.17) is 10.6 Å². The largest absolute Gasteiger partial charge is 0.443 e. The maximum absolute atomic E-state index is 11.2. The van der Waals surface area contributed by atoms with Crippen molar-refractivity contribution in [1.82, 2.24) is 10.3 Å². The molecule has 0 heterocycles. The molecule has 0 bridgehead atoms. The van der Waals surface area contributed by atoms with Gasteiger partial charge in [0, 0.05) is 6.54 Å². The molecule has 13 heavy (non-hydrogen) atoms. The molecule has 5 nitrogen and oxygen atoms in total. The first-order chi connectivity index (χ1) is 5.87. The third-order valence-corrected chi connectivity index (χ3v) is 1.23. The van der Waals surface area contributed by atoms with E-state index in [2.05, 4.69) is 5.32 Å². The molecule has 0 aromatic heterocycles. The second-order valence-corrected chi connectivity index (χ2v) is 3.78. The van der Waals surface area contributed by atoms with Crippen LogP contribution in [-0.2, 0) is 4.74 Å². The first-order valence-electron chi connectivity index (χ1n) is 4.26. The van der Waals surface area contributed by atoms with Gasteiger partial charge < -0.3 is 10.1 Å². The molecule has 0 saturated carbocycles. The Kier molecular flexibility index (Phi) is 4.72. The van der Waals surface area contributed by atoms with Gasteiger partial charge in [0.2, 0.25) is 0 Å². The van der Waals surface area contributed by atoms with Crippen LogP contribution in [0, 0.1) is 0 Å². The van der Waals surface area contributed by atoms with Crippen molar-refractivity contribution in [1.29, 1.82) is 0 Å². The Morgan fingerprint density at radius 3 is 2.46 bits per heavy atom. The topological polar surface area (TPSA) is 67.6 Å². The molecule has 5 heteroatoms. The minimum atomic E-state index is -0.497. The van der Waals surface area contributed by atoms with Gasteiger partial charge in [0.25, 0.3) is 0 Å². The van der Waals surface area contributed by atoms with Crippen LogP contribution in [0.1, 0.15) is 20.8 Å². The summed E-state index contributed by atoms with van der Waals surface area (Å²) < 4.78 is 5.03. The smallest absolute Gasteiger partial charge is 0.424 e.